The number of fused-ring (bicyclic) bond motifs is 2. The van der Waals surface area contributed by atoms with Crippen LogP contribution in [0.2, 0.25) is 0 Å². The van der Waals surface area contributed by atoms with Crippen molar-refractivity contribution in [2.45, 2.75) is 58.1 Å². The molecule has 2 saturated heterocycles. The first-order valence-electron chi connectivity index (χ1n) is 10.0. The van der Waals surface area contributed by atoms with Crippen LogP contribution >= 0.6 is 24.0 Å². The van der Waals surface area contributed by atoms with Crippen molar-refractivity contribution in [3.8, 4) is 0 Å². The molecule has 0 aromatic rings. The topological polar surface area (TPSA) is 46.1 Å². The molecule has 1 spiro atoms. The van der Waals surface area contributed by atoms with E-state index >= 15 is 0 Å². The Morgan fingerprint density at radius 2 is 2.16 bits per heavy atom. The molecule has 2 aliphatic heterocycles. The van der Waals surface area contributed by atoms with Crippen LogP contribution in [0.5, 0.6) is 0 Å². The van der Waals surface area contributed by atoms with E-state index in [0.717, 1.165) is 45.4 Å². The molecule has 144 valence electrons. The Morgan fingerprint density at radius 1 is 1.32 bits per heavy atom. The second kappa shape index (κ2) is 8.30. The molecular formula is C19H34IN3O2. The lowest BCUT2D eigenvalue weighted by molar-refractivity contribution is -0.171. The molecule has 4 fully saturated rings. The lowest BCUT2D eigenvalue weighted by Gasteiger charge is -2.63. The van der Waals surface area contributed by atoms with Gasteiger partial charge in [0.05, 0.1) is 12.7 Å². The molecule has 4 aliphatic rings. The smallest absolute Gasteiger partial charge is 0.194 e. The minimum atomic E-state index is 0. The molecule has 25 heavy (non-hydrogen) atoms. The molecule has 2 saturated carbocycles. The zero-order chi connectivity index (χ0) is 16.6. The van der Waals surface area contributed by atoms with E-state index in [1.165, 1.54) is 32.1 Å². The summed E-state index contributed by atoms with van der Waals surface area (Å²) in [5.74, 6) is 2.49. The molecule has 1 N–H and O–H groups in total. The predicted octanol–water partition coefficient (Wildman–Crippen LogP) is 2.89. The summed E-state index contributed by atoms with van der Waals surface area (Å²) in [6, 6.07) is 0.579. The third-order valence-electron chi connectivity index (χ3n) is 6.77. The summed E-state index contributed by atoms with van der Waals surface area (Å²) in [5, 5.41) is 3.89. The van der Waals surface area contributed by atoms with Gasteiger partial charge in [-0.1, -0.05) is 6.42 Å². The standard InChI is InChI=1S/C19H33N3O2.HI/c1-3-20-18(22-10-6-14(12-22)13-23-4-2)21-16-15-7-11-24-17(15)19(16)8-5-9-19;/h14-17H,3-13H2,1-2H3,(H,20,21);1H. The first-order chi connectivity index (χ1) is 11.8. The minimum absolute atomic E-state index is 0. The summed E-state index contributed by atoms with van der Waals surface area (Å²) in [6.07, 6.45) is 6.99. The van der Waals surface area contributed by atoms with Gasteiger partial charge in [-0.15, -0.1) is 24.0 Å². The zero-order valence-corrected chi connectivity index (χ0v) is 18.0. The number of likely N-dealkylation sites (tertiary alicyclic amines) is 1. The van der Waals surface area contributed by atoms with E-state index in [1.807, 2.05) is 0 Å². The van der Waals surface area contributed by atoms with Crippen molar-refractivity contribution in [3.05, 3.63) is 0 Å². The van der Waals surface area contributed by atoms with Gasteiger partial charge in [-0.3, -0.25) is 4.99 Å². The highest BCUT2D eigenvalue weighted by molar-refractivity contribution is 14.0. The molecule has 0 aromatic carbocycles. The first kappa shape index (κ1) is 19.7. The molecule has 4 unspecified atom stereocenters. The lowest BCUT2D eigenvalue weighted by atomic mass is 9.46. The van der Waals surface area contributed by atoms with Crippen LogP contribution in [-0.2, 0) is 9.47 Å². The summed E-state index contributed by atoms with van der Waals surface area (Å²) in [7, 11) is 0. The van der Waals surface area contributed by atoms with Crippen LogP contribution in [0.3, 0.4) is 0 Å². The number of guanidine groups is 1. The van der Waals surface area contributed by atoms with Gasteiger partial charge in [-0.05, 0) is 39.5 Å². The maximum Gasteiger partial charge on any atom is 0.194 e. The molecular weight excluding hydrogens is 429 g/mol. The van der Waals surface area contributed by atoms with Gasteiger partial charge in [-0.25, -0.2) is 0 Å². The molecule has 5 nitrogen and oxygen atoms in total. The van der Waals surface area contributed by atoms with Gasteiger partial charge in [0.15, 0.2) is 5.96 Å². The van der Waals surface area contributed by atoms with Gasteiger partial charge >= 0.3 is 0 Å². The van der Waals surface area contributed by atoms with E-state index in [2.05, 4.69) is 24.1 Å². The number of aliphatic imine (C=N–C) groups is 1. The third-order valence-corrected chi connectivity index (χ3v) is 6.77. The Labute approximate surface area is 169 Å². The first-order valence-corrected chi connectivity index (χ1v) is 10.0. The summed E-state index contributed by atoms with van der Waals surface area (Å²) >= 11 is 0. The van der Waals surface area contributed by atoms with Gasteiger partial charge < -0.3 is 19.7 Å². The molecule has 0 amide bonds. The normalized spacial score (nSPS) is 35.8. The molecule has 6 heteroatoms. The van der Waals surface area contributed by atoms with E-state index in [9.17, 15) is 0 Å². The summed E-state index contributed by atoms with van der Waals surface area (Å²) < 4.78 is 11.7. The molecule has 0 radical (unpaired) electrons. The van der Waals surface area contributed by atoms with Crippen molar-refractivity contribution in [2.75, 3.05) is 39.5 Å². The van der Waals surface area contributed by atoms with Crippen LogP contribution in [0, 0.1) is 17.3 Å². The van der Waals surface area contributed by atoms with Gasteiger partial charge in [0.25, 0.3) is 0 Å². The van der Waals surface area contributed by atoms with Crippen LogP contribution in [-0.4, -0.2) is 62.5 Å². The number of rotatable bonds is 5. The van der Waals surface area contributed by atoms with Crippen molar-refractivity contribution >= 4 is 29.9 Å². The Balaban J connectivity index is 0.00000182. The molecule has 4 rings (SSSR count). The number of nitrogens with one attached hydrogen (secondary N) is 1. The SMILES string of the molecule is CCN=C(NC1C2CCOC2C12CCC2)N1CCC(COCC)C1.I. The molecule has 2 heterocycles. The number of halogens is 1. The highest BCUT2D eigenvalue weighted by atomic mass is 127. The number of hydrogen-bond donors (Lipinski definition) is 1. The number of nitrogens with zero attached hydrogens (tertiary/aromatic N) is 2. The van der Waals surface area contributed by atoms with E-state index in [-0.39, 0.29) is 24.0 Å². The maximum absolute atomic E-state index is 6.06. The van der Waals surface area contributed by atoms with E-state index < -0.39 is 0 Å². The Bertz CT molecular complexity index is 483. The average molecular weight is 463 g/mol. The maximum atomic E-state index is 6.06. The van der Waals surface area contributed by atoms with E-state index in [4.69, 9.17) is 14.5 Å². The largest absolute Gasteiger partial charge is 0.381 e. The Morgan fingerprint density at radius 3 is 2.84 bits per heavy atom. The third kappa shape index (κ3) is 3.43. The van der Waals surface area contributed by atoms with Crippen molar-refractivity contribution in [2.24, 2.45) is 22.2 Å². The van der Waals surface area contributed by atoms with Crippen LogP contribution in [0.15, 0.2) is 4.99 Å². The Hall–Kier alpha value is -0.0800. The van der Waals surface area contributed by atoms with Crippen LogP contribution in [0.4, 0.5) is 0 Å². The van der Waals surface area contributed by atoms with Crippen molar-refractivity contribution in [3.63, 3.8) is 0 Å². The summed E-state index contributed by atoms with van der Waals surface area (Å²) in [6.45, 7) is 9.90. The zero-order valence-electron chi connectivity index (χ0n) is 15.7. The van der Waals surface area contributed by atoms with Gasteiger partial charge in [0.1, 0.15) is 0 Å². The fourth-order valence-electron chi connectivity index (χ4n) is 5.43. The number of ether oxygens (including phenoxy) is 2. The molecule has 0 aromatic heterocycles. The van der Waals surface area contributed by atoms with Crippen molar-refractivity contribution < 1.29 is 9.47 Å². The quantitative estimate of drug-likeness (QED) is 0.387. The molecule has 0 bridgehead atoms. The van der Waals surface area contributed by atoms with Crippen LogP contribution in [0.1, 0.15) is 46.0 Å². The van der Waals surface area contributed by atoms with Crippen LogP contribution in [0.25, 0.3) is 0 Å². The molecule has 4 atom stereocenters. The lowest BCUT2D eigenvalue weighted by Crippen LogP contribution is -2.72. The van der Waals surface area contributed by atoms with Gasteiger partial charge in [0.2, 0.25) is 0 Å². The number of hydrogen-bond acceptors (Lipinski definition) is 3. The van der Waals surface area contributed by atoms with Gasteiger partial charge in [-0.2, -0.15) is 0 Å². The van der Waals surface area contributed by atoms with Gasteiger partial charge in [0, 0.05) is 56.1 Å². The summed E-state index contributed by atoms with van der Waals surface area (Å²) in [4.78, 5) is 7.29. The van der Waals surface area contributed by atoms with Crippen LogP contribution < -0.4 is 5.32 Å². The average Bonchev–Trinajstić information content (AvgIpc) is 3.16. The minimum Gasteiger partial charge on any atom is -0.381 e. The van der Waals surface area contributed by atoms with E-state index in [1.54, 1.807) is 0 Å². The fraction of sp³-hybridized carbons (Fsp3) is 0.947. The molecule has 2 aliphatic carbocycles. The Kier molecular flexibility index (Phi) is 6.53. The fourth-order valence-corrected chi connectivity index (χ4v) is 5.43. The van der Waals surface area contributed by atoms with Crippen molar-refractivity contribution in [1.29, 1.82) is 0 Å². The highest BCUT2D eigenvalue weighted by Crippen LogP contribution is 2.62. The second-order valence-corrected chi connectivity index (χ2v) is 8.01. The predicted molar refractivity (Wildman–Crippen MR) is 111 cm³/mol. The summed E-state index contributed by atoms with van der Waals surface area (Å²) in [5.41, 5.74) is 0.417. The van der Waals surface area contributed by atoms with E-state index in [0.29, 0.717) is 29.4 Å². The highest BCUT2D eigenvalue weighted by Gasteiger charge is 2.66. The van der Waals surface area contributed by atoms with Crippen molar-refractivity contribution in [1.82, 2.24) is 10.2 Å². The second-order valence-electron chi connectivity index (χ2n) is 8.01. The monoisotopic (exact) mass is 463 g/mol.